The lowest BCUT2D eigenvalue weighted by Gasteiger charge is -2.07. The highest BCUT2D eigenvalue weighted by molar-refractivity contribution is 9.10. The molecule has 1 aromatic heterocycles. The number of hydrogen-bond donors (Lipinski definition) is 2. The van der Waals surface area contributed by atoms with Crippen LogP contribution in [0.5, 0.6) is 11.5 Å². The molecule has 0 fully saturated rings. The van der Waals surface area contributed by atoms with Gasteiger partial charge in [-0.05, 0) is 39.7 Å². The van der Waals surface area contributed by atoms with Crippen LogP contribution in [0.4, 0.5) is 5.13 Å². The molecule has 0 aliphatic rings. The molecule has 140 valence electrons. The largest absolute Gasteiger partial charge is 0.503 e. The van der Waals surface area contributed by atoms with E-state index >= 15 is 0 Å². The van der Waals surface area contributed by atoms with Crippen LogP contribution in [0.2, 0.25) is 0 Å². The fourth-order valence-corrected chi connectivity index (χ4v) is 3.56. The molecular weight excluding hydrogens is 442 g/mol. The first kappa shape index (κ1) is 19.6. The van der Waals surface area contributed by atoms with Gasteiger partial charge in [-0.2, -0.15) is 5.26 Å². The number of anilines is 1. The van der Waals surface area contributed by atoms with Gasteiger partial charge in [-0.15, -0.1) is 11.3 Å². The highest BCUT2D eigenvalue weighted by atomic mass is 79.9. The number of nitrogens with one attached hydrogen (secondary N) is 1. The quantitative estimate of drug-likeness (QED) is 0.424. The summed E-state index contributed by atoms with van der Waals surface area (Å²) in [4.78, 5) is 16.9. The Kier molecular flexibility index (Phi) is 6.09. The number of benzene rings is 2. The van der Waals surface area contributed by atoms with Crippen molar-refractivity contribution in [1.82, 2.24) is 4.98 Å². The zero-order valence-electron chi connectivity index (χ0n) is 14.6. The number of rotatable bonds is 5. The Morgan fingerprint density at radius 2 is 2.11 bits per heavy atom. The van der Waals surface area contributed by atoms with Gasteiger partial charge in [0.2, 0.25) is 0 Å². The molecule has 3 aromatic rings. The molecule has 0 aliphatic carbocycles. The summed E-state index contributed by atoms with van der Waals surface area (Å²) in [7, 11) is 1.42. The summed E-state index contributed by atoms with van der Waals surface area (Å²) >= 11 is 4.49. The zero-order chi connectivity index (χ0) is 20.1. The molecule has 0 spiro atoms. The Labute approximate surface area is 173 Å². The van der Waals surface area contributed by atoms with Crippen LogP contribution in [0, 0.1) is 11.3 Å². The van der Waals surface area contributed by atoms with Crippen molar-refractivity contribution in [1.29, 1.82) is 5.26 Å². The maximum Gasteiger partial charge on any atom is 0.268 e. The molecule has 0 radical (unpaired) electrons. The number of nitriles is 1. The van der Waals surface area contributed by atoms with Gasteiger partial charge in [-0.1, -0.05) is 30.3 Å². The number of methoxy groups -OCH3 is 1. The minimum absolute atomic E-state index is 0.0566. The maximum absolute atomic E-state index is 12.5. The molecule has 0 aliphatic heterocycles. The van der Waals surface area contributed by atoms with Crippen LogP contribution >= 0.6 is 27.3 Å². The van der Waals surface area contributed by atoms with Gasteiger partial charge < -0.3 is 9.84 Å². The van der Waals surface area contributed by atoms with Crippen molar-refractivity contribution in [2.45, 2.75) is 0 Å². The lowest BCUT2D eigenvalue weighted by atomic mass is 10.1. The van der Waals surface area contributed by atoms with Gasteiger partial charge in [-0.25, -0.2) is 4.98 Å². The SMILES string of the molecule is COc1cc(/C=C(\C#N)C(=O)Nc2nc(-c3ccccc3)cs2)cc(Br)c1O. The summed E-state index contributed by atoms with van der Waals surface area (Å²) in [6.45, 7) is 0. The Morgan fingerprint density at radius 1 is 1.36 bits per heavy atom. The van der Waals surface area contributed by atoms with Crippen molar-refractivity contribution in [3.63, 3.8) is 0 Å². The Bertz CT molecular complexity index is 1090. The second-order valence-corrected chi connectivity index (χ2v) is 7.29. The first-order chi connectivity index (χ1) is 13.5. The van der Waals surface area contributed by atoms with Gasteiger partial charge >= 0.3 is 0 Å². The maximum atomic E-state index is 12.5. The van der Waals surface area contributed by atoms with E-state index in [2.05, 4.69) is 26.2 Å². The van der Waals surface area contributed by atoms with Crippen LogP contribution < -0.4 is 10.1 Å². The van der Waals surface area contributed by atoms with Gasteiger partial charge in [0, 0.05) is 10.9 Å². The number of nitrogens with zero attached hydrogens (tertiary/aromatic N) is 2. The van der Waals surface area contributed by atoms with Gasteiger partial charge in [0.1, 0.15) is 11.6 Å². The normalized spacial score (nSPS) is 11.0. The van der Waals surface area contributed by atoms with E-state index < -0.39 is 5.91 Å². The van der Waals surface area contributed by atoms with Crippen LogP contribution in [0.25, 0.3) is 17.3 Å². The molecule has 1 amide bonds. The number of carbonyl (C=O) groups is 1. The highest BCUT2D eigenvalue weighted by Crippen LogP contribution is 2.35. The summed E-state index contributed by atoms with van der Waals surface area (Å²) in [6.07, 6.45) is 1.41. The molecule has 2 aromatic carbocycles. The van der Waals surface area contributed by atoms with Crippen molar-refractivity contribution in [2.24, 2.45) is 0 Å². The number of carbonyl (C=O) groups excluding carboxylic acids is 1. The molecule has 3 rings (SSSR count). The van der Waals surface area contributed by atoms with Crippen LogP contribution in [0.1, 0.15) is 5.56 Å². The van der Waals surface area contributed by atoms with Crippen molar-refractivity contribution < 1.29 is 14.6 Å². The van der Waals surface area contributed by atoms with Crippen molar-refractivity contribution >= 4 is 44.4 Å². The predicted molar refractivity (Wildman–Crippen MR) is 112 cm³/mol. The van der Waals surface area contributed by atoms with Gasteiger partial charge in [-0.3, -0.25) is 10.1 Å². The lowest BCUT2D eigenvalue weighted by molar-refractivity contribution is -0.112. The number of aromatic hydroxyl groups is 1. The monoisotopic (exact) mass is 455 g/mol. The molecule has 0 saturated heterocycles. The second kappa shape index (κ2) is 8.69. The Morgan fingerprint density at radius 3 is 2.79 bits per heavy atom. The zero-order valence-corrected chi connectivity index (χ0v) is 17.0. The van der Waals surface area contributed by atoms with Crippen LogP contribution in [-0.4, -0.2) is 23.1 Å². The van der Waals surface area contributed by atoms with Gasteiger partial charge in [0.25, 0.3) is 5.91 Å². The summed E-state index contributed by atoms with van der Waals surface area (Å²) < 4.78 is 5.47. The number of aromatic nitrogens is 1. The fourth-order valence-electron chi connectivity index (χ4n) is 2.39. The minimum atomic E-state index is -0.570. The van der Waals surface area contributed by atoms with Crippen LogP contribution in [0.3, 0.4) is 0 Å². The number of hydrogen-bond acceptors (Lipinski definition) is 6. The summed E-state index contributed by atoms with van der Waals surface area (Å²) in [6, 6.07) is 14.6. The van der Waals surface area contributed by atoms with E-state index in [1.807, 2.05) is 41.8 Å². The molecule has 28 heavy (non-hydrogen) atoms. The van der Waals surface area contributed by atoms with E-state index in [1.54, 1.807) is 6.07 Å². The standard InChI is InChI=1S/C20H14BrN3O3S/c1-27-17-9-12(8-15(21)18(17)25)7-14(10-22)19(26)24-20-23-16(11-28-20)13-5-3-2-4-6-13/h2-9,11,25H,1H3,(H,23,24,26)/b14-7+. The van der Waals surface area contributed by atoms with E-state index in [4.69, 9.17) is 4.74 Å². The molecule has 8 heteroatoms. The second-order valence-electron chi connectivity index (χ2n) is 5.58. The highest BCUT2D eigenvalue weighted by Gasteiger charge is 2.14. The smallest absolute Gasteiger partial charge is 0.268 e. The first-order valence-electron chi connectivity index (χ1n) is 8.02. The predicted octanol–water partition coefficient (Wildman–Crippen LogP) is 4.83. The molecular formula is C20H14BrN3O3S. The van der Waals surface area contributed by atoms with Crippen molar-refractivity contribution in [3.8, 4) is 28.8 Å². The Balaban J connectivity index is 1.81. The summed E-state index contributed by atoms with van der Waals surface area (Å²) in [5.41, 5.74) is 2.11. The lowest BCUT2D eigenvalue weighted by Crippen LogP contribution is -2.13. The number of phenols is 1. The summed E-state index contributed by atoms with van der Waals surface area (Å²) in [5.74, 6) is -0.399. The van der Waals surface area contributed by atoms with Gasteiger partial charge in [0.15, 0.2) is 16.6 Å². The Hall–Kier alpha value is -3.15. The molecule has 2 N–H and O–H groups in total. The third-order valence-corrected chi connectivity index (χ3v) is 5.10. The molecule has 0 bridgehead atoms. The van der Waals surface area contributed by atoms with Gasteiger partial charge in [0.05, 0.1) is 17.3 Å². The first-order valence-corrected chi connectivity index (χ1v) is 9.69. The van der Waals surface area contributed by atoms with E-state index in [0.29, 0.717) is 15.2 Å². The molecule has 0 unspecified atom stereocenters. The third kappa shape index (κ3) is 4.39. The number of phenolic OH excluding ortho intramolecular Hbond substituents is 1. The number of halogens is 1. The topological polar surface area (TPSA) is 95.2 Å². The van der Waals surface area contributed by atoms with Crippen LogP contribution in [0.15, 0.2) is 57.9 Å². The summed E-state index contributed by atoms with van der Waals surface area (Å²) in [5, 5.41) is 24.1. The third-order valence-electron chi connectivity index (χ3n) is 3.74. The van der Waals surface area contributed by atoms with E-state index in [9.17, 15) is 15.2 Å². The van der Waals surface area contributed by atoms with E-state index in [-0.39, 0.29) is 17.1 Å². The van der Waals surface area contributed by atoms with E-state index in [1.165, 1.54) is 30.6 Å². The minimum Gasteiger partial charge on any atom is -0.503 e. The van der Waals surface area contributed by atoms with Crippen molar-refractivity contribution in [3.05, 3.63) is 63.5 Å². The van der Waals surface area contributed by atoms with Crippen LogP contribution in [-0.2, 0) is 4.79 Å². The number of thiazole rings is 1. The molecule has 6 nitrogen and oxygen atoms in total. The molecule has 1 heterocycles. The average Bonchev–Trinajstić information content (AvgIpc) is 3.17. The number of ether oxygens (including phenoxy) is 1. The average molecular weight is 456 g/mol. The fraction of sp³-hybridized carbons (Fsp3) is 0.0500. The molecule has 0 saturated carbocycles. The van der Waals surface area contributed by atoms with E-state index in [0.717, 1.165) is 11.3 Å². The van der Waals surface area contributed by atoms with Crippen molar-refractivity contribution in [2.75, 3.05) is 12.4 Å². The number of amides is 1. The molecule has 0 atom stereocenters.